The molecule has 1 unspecified atom stereocenters. The number of allylic oxidation sites excluding steroid dienone is 1. The highest BCUT2D eigenvalue weighted by atomic mass is 35.5. The van der Waals surface area contributed by atoms with E-state index in [1.807, 2.05) is 54.6 Å². The van der Waals surface area contributed by atoms with Gasteiger partial charge in [-0.25, -0.2) is 9.38 Å². The van der Waals surface area contributed by atoms with Crippen LogP contribution in [0.15, 0.2) is 98.9 Å². The average Bonchev–Trinajstić information content (AvgIpc) is 3.22. The van der Waals surface area contributed by atoms with E-state index in [2.05, 4.69) is 46.7 Å². The number of fused-ring (bicyclic) bond motifs is 1. The van der Waals surface area contributed by atoms with Gasteiger partial charge in [0.25, 0.3) is 5.56 Å². The van der Waals surface area contributed by atoms with E-state index in [9.17, 15) is 4.79 Å². The standard InChI is InChI=1S/C36H37ClFN5OS/c1-4-24-13-14-25-21-29(28-10-6-7-11-30(28)37)36(44)43(23-26-9-5-8-12-33(26)45(2)3)35(25)41-34(24)40-27-15-16-32(31(38)22-27)42-19-17-39-18-20-42/h5-12,14-16,21-22,39-40H,2,4,13,17-20,23H2,1,3H3. The van der Waals surface area contributed by atoms with Crippen molar-refractivity contribution in [2.24, 2.45) is 4.99 Å². The monoisotopic (exact) mass is 641 g/mol. The van der Waals surface area contributed by atoms with E-state index in [1.54, 1.807) is 10.6 Å². The summed E-state index contributed by atoms with van der Waals surface area (Å²) in [6, 6.07) is 22.7. The first-order chi connectivity index (χ1) is 21.8. The Balaban J connectivity index is 1.50. The lowest BCUT2D eigenvalue weighted by atomic mass is 10.1. The Morgan fingerprint density at radius 1 is 1.04 bits per heavy atom. The maximum absolute atomic E-state index is 15.4. The second-order valence-electron chi connectivity index (χ2n) is 11.3. The van der Waals surface area contributed by atoms with Gasteiger partial charge in [-0.1, -0.05) is 66.9 Å². The van der Waals surface area contributed by atoms with Crippen LogP contribution in [0.25, 0.3) is 17.2 Å². The number of rotatable bonds is 8. The summed E-state index contributed by atoms with van der Waals surface area (Å²) in [6.07, 6.45) is 5.56. The highest BCUT2D eigenvalue weighted by Gasteiger charge is 2.19. The summed E-state index contributed by atoms with van der Waals surface area (Å²) in [5, 5.41) is 8.07. The van der Waals surface area contributed by atoms with Crippen LogP contribution in [0, 0.1) is 5.82 Å². The molecule has 232 valence electrons. The lowest BCUT2D eigenvalue weighted by Crippen LogP contribution is -2.44. The van der Waals surface area contributed by atoms with Crippen LogP contribution in [0.4, 0.5) is 15.8 Å². The highest BCUT2D eigenvalue weighted by Crippen LogP contribution is 2.28. The van der Waals surface area contributed by atoms with Crippen molar-refractivity contribution in [3.05, 3.63) is 122 Å². The van der Waals surface area contributed by atoms with Gasteiger partial charge in [-0.3, -0.25) is 9.36 Å². The Bertz CT molecular complexity index is 2000. The van der Waals surface area contributed by atoms with Crippen LogP contribution in [0.1, 0.15) is 25.3 Å². The molecule has 3 heterocycles. The topological polar surface area (TPSA) is 61.7 Å². The first kappa shape index (κ1) is 31.0. The largest absolute Gasteiger partial charge is 0.367 e. The van der Waals surface area contributed by atoms with E-state index >= 15 is 4.39 Å². The Labute approximate surface area is 270 Å². The fraction of sp³-hybridized carbons (Fsp3) is 0.250. The molecule has 1 fully saturated rings. The molecule has 0 spiro atoms. The van der Waals surface area contributed by atoms with Crippen molar-refractivity contribution < 1.29 is 4.39 Å². The second-order valence-corrected chi connectivity index (χ2v) is 13.4. The zero-order chi connectivity index (χ0) is 31.5. The molecule has 6 rings (SSSR count). The third-order valence-corrected chi connectivity index (χ3v) is 9.82. The van der Waals surface area contributed by atoms with Gasteiger partial charge in [0.15, 0.2) is 0 Å². The molecule has 0 saturated carbocycles. The molecule has 0 amide bonds. The van der Waals surface area contributed by atoms with Crippen LogP contribution in [-0.2, 0) is 6.54 Å². The fourth-order valence-electron chi connectivity index (χ4n) is 5.94. The van der Waals surface area contributed by atoms with Gasteiger partial charge in [0.05, 0.1) is 12.2 Å². The molecule has 2 aliphatic rings. The SMILES string of the molecule is C=S(C)c1ccccc1Cn1c(=O)c(-c2ccccc2Cl)cc2c1=NC(Nc1ccc(N3CCNCC3)c(F)c1)=C(CC)CC=2. The quantitative estimate of drug-likeness (QED) is 0.232. The maximum Gasteiger partial charge on any atom is 0.260 e. The van der Waals surface area contributed by atoms with Crippen molar-refractivity contribution in [1.29, 1.82) is 0 Å². The highest BCUT2D eigenvalue weighted by molar-refractivity contribution is 8.13. The van der Waals surface area contributed by atoms with E-state index in [1.165, 1.54) is 6.07 Å². The number of aromatic nitrogens is 1. The first-order valence-corrected chi connectivity index (χ1v) is 17.4. The van der Waals surface area contributed by atoms with Gasteiger partial charge in [0, 0.05) is 58.1 Å². The summed E-state index contributed by atoms with van der Waals surface area (Å²) in [7, 11) is -0.257. The van der Waals surface area contributed by atoms with Crippen molar-refractivity contribution in [1.82, 2.24) is 9.88 Å². The minimum Gasteiger partial charge on any atom is -0.367 e. The van der Waals surface area contributed by atoms with Crippen molar-refractivity contribution in [2.45, 2.75) is 31.2 Å². The number of piperazine rings is 1. The molecule has 1 saturated heterocycles. The summed E-state index contributed by atoms with van der Waals surface area (Å²) in [6.45, 7) is 5.60. The van der Waals surface area contributed by atoms with Crippen molar-refractivity contribution in [2.75, 3.05) is 42.7 Å². The maximum atomic E-state index is 15.4. The third kappa shape index (κ3) is 6.54. The van der Waals surface area contributed by atoms with Gasteiger partial charge < -0.3 is 15.5 Å². The second kappa shape index (κ2) is 13.6. The summed E-state index contributed by atoms with van der Waals surface area (Å²) in [5.74, 6) is 4.62. The van der Waals surface area contributed by atoms with Crippen molar-refractivity contribution in [3.63, 3.8) is 0 Å². The minimum atomic E-state index is -0.276. The van der Waals surface area contributed by atoms with Crippen molar-refractivity contribution in [3.8, 4) is 11.1 Å². The smallest absolute Gasteiger partial charge is 0.260 e. The van der Waals surface area contributed by atoms with E-state index in [0.717, 1.165) is 53.9 Å². The first-order valence-electron chi connectivity index (χ1n) is 15.2. The Hall–Kier alpha value is -3.98. The predicted molar refractivity (Wildman–Crippen MR) is 188 cm³/mol. The van der Waals surface area contributed by atoms with Gasteiger partial charge in [-0.05, 0) is 66.6 Å². The number of halogens is 2. The zero-order valence-electron chi connectivity index (χ0n) is 25.6. The molecule has 2 N–H and O–H groups in total. The Kier molecular flexibility index (Phi) is 9.35. The van der Waals surface area contributed by atoms with Crippen LogP contribution in [0.2, 0.25) is 5.02 Å². The average molecular weight is 642 g/mol. The van der Waals surface area contributed by atoms with Crippen LogP contribution >= 0.6 is 22.1 Å². The molecule has 0 aliphatic carbocycles. The summed E-state index contributed by atoms with van der Waals surface area (Å²) in [5.41, 5.74) is 4.85. The lowest BCUT2D eigenvalue weighted by molar-refractivity contribution is 0.566. The molecule has 1 atom stereocenters. The van der Waals surface area contributed by atoms with Crippen LogP contribution in [-0.4, -0.2) is 42.9 Å². The van der Waals surface area contributed by atoms with Crippen LogP contribution in [0.5, 0.6) is 0 Å². The number of hydrogen-bond donors (Lipinski definition) is 2. The van der Waals surface area contributed by atoms with Gasteiger partial charge in [0.1, 0.15) is 17.1 Å². The summed E-state index contributed by atoms with van der Waals surface area (Å²) in [4.78, 5) is 22.7. The Morgan fingerprint density at radius 2 is 1.80 bits per heavy atom. The third-order valence-electron chi connectivity index (χ3n) is 8.35. The number of nitrogens with zero attached hydrogens (tertiary/aromatic N) is 3. The molecule has 0 bridgehead atoms. The van der Waals surface area contributed by atoms with Gasteiger partial charge in [0.2, 0.25) is 0 Å². The summed E-state index contributed by atoms with van der Waals surface area (Å²) >= 11 is 6.61. The molecule has 45 heavy (non-hydrogen) atoms. The van der Waals surface area contributed by atoms with Crippen molar-refractivity contribution >= 4 is 45.4 Å². The lowest BCUT2D eigenvalue weighted by Gasteiger charge is -2.29. The van der Waals surface area contributed by atoms with Gasteiger partial charge >= 0.3 is 0 Å². The Morgan fingerprint density at radius 3 is 2.53 bits per heavy atom. The summed E-state index contributed by atoms with van der Waals surface area (Å²) < 4.78 is 17.1. The van der Waals surface area contributed by atoms with Gasteiger partial charge in [-0.15, -0.1) is 0 Å². The molecular weight excluding hydrogens is 605 g/mol. The predicted octanol–water partition coefficient (Wildman–Crippen LogP) is 5.99. The minimum absolute atomic E-state index is 0.181. The normalized spacial score (nSPS) is 15.5. The molecule has 6 nitrogen and oxygen atoms in total. The van der Waals surface area contributed by atoms with Crippen LogP contribution in [0.3, 0.4) is 0 Å². The van der Waals surface area contributed by atoms with E-state index < -0.39 is 0 Å². The molecule has 9 heteroatoms. The van der Waals surface area contributed by atoms with Gasteiger partial charge in [-0.2, -0.15) is 10.5 Å². The molecule has 4 aromatic rings. The number of pyridine rings is 1. The number of benzene rings is 3. The number of hydrogen-bond acceptors (Lipinski definition) is 5. The number of nitrogens with one attached hydrogen (secondary N) is 2. The zero-order valence-corrected chi connectivity index (χ0v) is 27.1. The van der Waals surface area contributed by atoms with E-state index in [4.69, 9.17) is 16.6 Å². The molecule has 0 radical (unpaired) electrons. The molecule has 2 aliphatic heterocycles. The van der Waals surface area contributed by atoms with E-state index in [-0.39, 0.29) is 21.9 Å². The fourth-order valence-corrected chi connectivity index (χ4v) is 7.07. The molecule has 1 aromatic heterocycles. The number of anilines is 2. The molecule has 3 aromatic carbocycles. The van der Waals surface area contributed by atoms with E-state index in [0.29, 0.717) is 51.8 Å². The molecular formula is C36H37ClFN5OS. The van der Waals surface area contributed by atoms with Crippen LogP contribution < -0.4 is 31.8 Å².